The molecule has 0 aromatic heterocycles. The smallest absolute Gasteiger partial charge is 0.217 e. The summed E-state index contributed by atoms with van der Waals surface area (Å²) in [7, 11) is 3.81. The van der Waals surface area contributed by atoms with Gasteiger partial charge in [0.25, 0.3) is 0 Å². The molecule has 0 amide bonds. The SMILES string of the molecule is COc1ccc2c(c1Br)O[N+](C)(CCN1CCOCC1)C2. The van der Waals surface area contributed by atoms with Crippen molar-refractivity contribution in [1.29, 1.82) is 0 Å². The second-order valence-electron chi connectivity index (χ2n) is 5.79. The van der Waals surface area contributed by atoms with Gasteiger partial charge in [-0.05, 0) is 28.1 Å². The number of likely N-dealkylation sites (N-methyl/N-ethyl adjacent to an activating group) is 1. The van der Waals surface area contributed by atoms with Crippen LogP contribution in [-0.2, 0) is 11.3 Å². The Bertz CT molecular complexity index is 520. The summed E-state index contributed by atoms with van der Waals surface area (Å²) in [5.41, 5.74) is 1.23. The average Bonchev–Trinajstić information content (AvgIpc) is 2.85. The first-order chi connectivity index (χ1) is 10.1. The van der Waals surface area contributed by atoms with Crippen molar-refractivity contribution in [3.8, 4) is 11.5 Å². The second-order valence-corrected chi connectivity index (χ2v) is 6.59. The predicted molar refractivity (Wildman–Crippen MR) is 83.3 cm³/mol. The Hall–Kier alpha value is -0.820. The van der Waals surface area contributed by atoms with Crippen molar-refractivity contribution in [2.45, 2.75) is 6.54 Å². The first-order valence-corrected chi connectivity index (χ1v) is 8.10. The highest BCUT2D eigenvalue weighted by Gasteiger charge is 2.37. The van der Waals surface area contributed by atoms with Crippen LogP contribution < -0.4 is 9.57 Å². The molecule has 1 fully saturated rings. The zero-order valence-electron chi connectivity index (χ0n) is 12.6. The fourth-order valence-electron chi connectivity index (χ4n) is 2.87. The summed E-state index contributed by atoms with van der Waals surface area (Å²) in [6.07, 6.45) is 0. The Morgan fingerprint density at radius 1 is 1.33 bits per heavy atom. The van der Waals surface area contributed by atoms with Crippen molar-refractivity contribution in [1.82, 2.24) is 4.90 Å². The van der Waals surface area contributed by atoms with Gasteiger partial charge in [0.05, 0.1) is 32.4 Å². The lowest BCUT2D eigenvalue weighted by atomic mass is 10.2. The molecule has 0 radical (unpaired) electrons. The number of rotatable bonds is 4. The molecule has 0 saturated carbocycles. The number of fused-ring (bicyclic) bond motifs is 1. The van der Waals surface area contributed by atoms with E-state index >= 15 is 0 Å². The van der Waals surface area contributed by atoms with Gasteiger partial charge in [-0.3, -0.25) is 4.90 Å². The normalized spacial score (nSPS) is 25.5. The maximum atomic E-state index is 6.21. The molecule has 1 unspecified atom stereocenters. The minimum absolute atomic E-state index is 0.582. The molecule has 0 spiro atoms. The van der Waals surface area contributed by atoms with Crippen LogP contribution in [-0.4, -0.2) is 63.1 Å². The fraction of sp³-hybridized carbons (Fsp3) is 0.600. The molecule has 21 heavy (non-hydrogen) atoms. The number of hydroxylamine groups is 3. The van der Waals surface area contributed by atoms with E-state index in [-0.39, 0.29) is 0 Å². The Morgan fingerprint density at radius 2 is 2.10 bits per heavy atom. The van der Waals surface area contributed by atoms with Crippen LogP contribution in [0.5, 0.6) is 11.5 Å². The van der Waals surface area contributed by atoms with Crippen LogP contribution in [0.25, 0.3) is 0 Å². The summed E-state index contributed by atoms with van der Waals surface area (Å²) in [5.74, 6) is 1.73. The van der Waals surface area contributed by atoms with Gasteiger partial charge in [0.15, 0.2) is 0 Å². The number of halogens is 1. The maximum absolute atomic E-state index is 6.21. The molecule has 2 heterocycles. The van der Waals surface area contributed by atoms with Gasteiger partial charge in [0.2, 0.25) is 5.75 Å². The van der Waals surface area contributed by atoms with Crippen molar-refractivity contribution in [2.24, 2.45) is 0 Å². The zero-order chi connectivity index (χ0) is 14.9. The van der Waals surface area contributed by atoms with E-state index in [4.69, 9.17) is 14.3 Å². The third-order valence-corrected chi connectivity index (χ3v) is 4.92. The molecular formula is C15H22BrN2O3+. The van der Waals surface area contributed by atoms with Crippen LogP contribution in [0.2, 0.25) is 0 Å². The fourth-order valence-corrected chi connectivity index (χ4v) is 3.50. The molecule has 1 aromatic carbocycles. The number of morpholine rings is 1. The Balaban J connectivity index is 1.66. The van der Waals surface area contributed by atoms with Crippen molar-refractivity contribution in [3.05, 3.63) is 22.2 Å². The van der Waals surface area contributed by atoms with E-state index in [1.165, 1.54) is 5.56 Å². The van der Waals surface area contributed by atoms with Gasteiger partial charge >= 0.3 is 0 Å². The summed E-state index contributed by atoms with van der Waals surface area (Å²) in [5, 5.41) is 0. The van der Waals surface area contributed by atoms with E-state index in [0.29, 0.717) is 4.65 Å². The lowest BCUT2D eigenvalue weighted by Gasteiger charge is -2.31. The van der Waals surface area contributed by atoms with Gasteiger partial charge in [-0.25, -0.2) is 0 Å². The molecule has 1 aromatic rings. The quantitative estimate of drug-likeness (QED) is 0.771. The van der Waals surface area contributed by atoms with Gasteiger partial charge in [-0.15, -0.1) is 4.65 Å². The zero-order valence-corrected chi connectivity index (χ0v) is 14.2. The van der Waals surface area contributed by atoms with Gasteiger partial charge in [-0.1, -0.05) is 0 Å². The standard InChI is InChI=1S/C15H22BrN2O3/c1-18(8-5-17-6-9-20-10-7-17)11-12-3-4-13(19-2)14(16)15(12)21-18/h3-4H,5-11H2,1-2H3/q+1. The summed E-state index contributed by atoms with van der Waals surface area (Å²) in [6, 6.07) is 4.08. The Labute approximate surface area is 134 Å². The minimum atomic E-state index is 0.582. The van der Waals surface area contributed by atoms with Crippen molar-refractivity contribution in [2.75, 3.05) is 53.6 Å². The number of quaternary nitrogens is 1. The molecule has 6 heteroatoms. The molecule has 1 saturated heterocycles. The molecule has 5 nitrogen and oxygen atoms in total. The predicted octanol–water partition coefficient (Wildman–Crippen LogP) is 2.04. The average molecular weight is 358 g/mol. The molecule has 1 atom stereocenters. The number of nitrogens with zero attached hydrogens (tertiary/aromatic N) is 2. The lowest BCUT2D eigenvalue weighted by Crippen LogP contribution is -2.49. The number of hydrogen-bond acceptors (Lipinski definition) is 4. The monoisotopic (exact) mass is 357 g/mol. The van der Waals surface area contributed by atoms with Crippen LogP contribution in [0.15, 0.2) is 16.6 Å². The number of benzene rings is 1. The van der Waals surface area contributed by atoms with Crippen LogP contribution in [0.3, 0.4) is 0 Å². The molecular weight excluding hydrogens is 336 g/mol. The molecule has 116 valence electrons. The molecule has 0 N–H and O–H groups in total. The molecule has 0 aliphatic carbocycles. The largest absolute Gasteiger partial charge is 0.495 e. The van der Waals surface area contributed by atoms with Crippen molar-refractivity contribution < 1.29 is 19.0 Å². The van der Waals surface area contributed by atoms with Gasteiger partial charge in [0.1, 0.15) is 30.4 Å². The van der Waals surface area contributed by atoms with E-state index in [0.717, 1.165) is 61.9 Å². The van der Waals surface area contributed by atoms with Crippen molar-refractivity contribution >= 4 is 15.9 Å². The van der Waals surface area contributed by atoms with Crippen LogP contribution in [0, 0.1) is 0 Å². The second kappa shape index (κ2) is 6.12. The van der Waals surface area contributed by atoms with E-state index in [1.807, 2.05) is 6.07 Å². The maximum Gasteiger partial charge on any atom is 0.217 e. The molecule has 0 bridgehead atoms. The van der Waals surface area contributed by atoms with E-state index in [2.05, 4.69) is 33.9 Å². The third-order valence-electron chi connectivity index (χ3n) is 4.17. The first kappa shape index (κ1) is 15.1. The Morgan fingerprint density at radius 3 is 2.81 bits per heavy atom. The van der Waals surface area contributed by atoms with Crippen LogP contribution >= 0.6 is 15.9 Å². The van der Waals surface area contributed by atoms with E-state index in [9.17, 15) is 0 Å². The minimum Gasteiger partial charge on any atom is -0.495 e. The summed E-state index contributed by atoms with van der Waals surface area (Å²) < 4.78 is 12.2. The highest BCUT2D eigenvalue weighted by atomic mass is 79.9. The van der Waals surface area contributed by atoms with Gasteiger partial charge < -0.3 is 14.3 Å². The summed E-state index contributed by atoms with van der Waals surface area (Å²) in [6.45, 7) is 6.60. The van der Waals surface area contributed by atoms with Gasteiger partial charge in [-0.2, -0.15) is 0 Å². The summed E-state index contributed by atoms with van der Waals surface area (Å²) in [4.78, 5) is 8.65. The lowest BCUT2D eigenvalue weighted by molar-refractivity contribution is -1.07. The third kappa shape index (κ3) is 3.18. The highest BCUT2D eigenvalue weighted by Crippen LogP contribution is 2.43. The number of hydrogen-bond donors (Lipinski definition) is 0. The van der Waals surface area contributed by atoms with Crippen LogP contribution in [0.1, 0.15) is 5.56 Å². The Kier molecular flexibility index (Phi) is 4.40. The molecule has 3 rings (SSSR count). The summed E-state index contributed by atoms with van der Waals surface area (Å²) >= 11 is 3.58. The van der Waals surface area contributed by atoms with E-state index < -0.39 is 0 Å². The molecule has 2 aliphatic rings. The number of ether oxygens (including phenoxy) is 2. The topological polar surface area (TPSA) is 30.9 Å². The highest BCUT2D eigenvalue weighted by molar-refractivity contribution is 9.10. The first-order valence-electron chi connectivity index (χ1n) is 7.31. The van der Waals surface area contributed by atoms with E-state index in [1.54, 1.807) is 7.11 Å². The van der Waals surface area contributed by atoms with Crippen LogP contribution in [0.4, 0.5) is 0 Å². The van der Waals surface area contributed by atoms with Gasteiger partial charge in [0, 0.05) is 13.1 Å². The number of methoxy groups -OCH3 is 1. The van der Waals surface area contributed by atoms with Crippen molar-refractivity contribution in [3.63, 3.8) is 0 Å². The molecule has 2 aliphatic heterocycles.